The third-order valence-corrected chi connectivity index (χ3v) is 4.48. The number of amides is 1. The van der Waals surface area contributed by atoms with Gasteiger partial charge in [0.15, 0.2) is 0 Å². The molecule has 0 fully saturated rings. The van der Waals surface area contributed by atoms with Crippen molar-refractivity contribution in [1.82, 2.24) is 5.32 Å². The first kappa shape index (κ1) is 20.7. The first-order valence-corrected chi connectivity index (χ1v) is 9.63. The van der Waals surface area contributed by atoms with Crippen molar-refractivity contribution < 1.29 is 9.53 Å². The molecule has 26 heavy (non-hydrogen) atoms. The molecular weight excluding hydrogens is 418 g/mol. The average Bonchev–Trinajstić information content (AvgIpc) is 2.61. The third-order valence-electron chi connectivity index (χ3n) is 3.62. The van der Waals surface area contributed by atoms with E-state index in [1.165, 1.54) is 0 Å². The number of anilines is 1. The Balaban J connectivity index is 1.93. The number of benzene rings is 2. The van der Waals surface area contributed by atoms with Crippen LogP contribution in [0.5, 0.6) is 5.75 Å². The monoisotopic (exact) mass is 439 g/mol. The van der Waals surface area contributed by atoms with Crippen LogP contribution in [0.1, 0.15) is 12.0 Å². The van der Waals surface area contributed by atoms with Crippen LogP contribution in [0.25, 0.3) is 0 Å². The van der Waals surface area contributed by atoms with Crippen LogP contribution < -0.4 is 21.1 Å². The number of ether oxygens (including phenoxy) is 1. The summed E-state index contributed by atoms with van der Waals surface area (Å²) in [5, 5.41) is 6.73. The van der Waals surface area contributed by atoms with Crippen molar-refractivity contribution in [3.05, 3.63) is 57.5 Å². The van der Waals surface area contributed by atoms with Crippen molar-refractivity contribution >= 4 is 39.1 Å². The van der Waals surface area contributed by atoms with E-state index < -0.39 is 0 Å². The van der Waals surface area contributed by atoms with Gasteiger partial charge in [0, 0.05) is 16.0 Å². The normalized spacial score (nSPS) is 10.6. The molecule has 0 spiro atoms. The van der Waals surface area contributed by atoms with Gasteiger partial charge in [0.2, 0.25) is 5.91 Å². The summed E-state index contributed by atoms with van der Waals surface area (Å²) in [6, 6.07) is 12.8. The maximum absolute atomic E-state index is 12.4. The van der Waals surface area contributed by atoms with Crippen molar-refractivity contribution in [2.24, 2.45) is 5.73 Å². The molecule has 0 radical (unpaired) electrons. The van der Waals surface area contributed by atoms with Gasteiger partial charge in [-0.3, -0.25) is 4.79 Å². The summed E-state index contributed by atoms with van der Waals surface area (Å²) in [5.74, 6) is 0.475. The molecule has 2 aromatic carbocycles. The number of halogens is 2. The van der Waals surface area contributed by atoms with Gasteiger partial charge in [-0.1, -0.05) is 45.7 Å². The van der Waals surface area contributed by atoms with Crippen LogP contribution >= 0.6 is 27.5 Å². The topological polar surface area (TPSA) is 76.4 Å². The lowest BCUT2D eigenvalue weighted by atomic mass is 10.1. The molecule has 0 saturated heterocycles. The number of nitrogens with one attached hydrogen (secondary N) is 2. The van der Waals surface area contributed by atoms with Gasteiger partial charge >= 0.3 is 0 Å². The molecule has 0 aliphatic rings. The summed E-state index contributed by atoms with van der Waals surface area (Å²) < 4.78 is 6.65. The lowest BCUT2D eigenvalue weighted by Crippen LogP contribution is -2.24. The summed E-state index contributed by atoms with van der Waals surface area (Å²) in [6.45, 7) is 2.74. The fourth-order valence-electron chi connectivity index (χ4n) is 2.32. The minimum atomic E-state index is -0.151. The Morgan fingerprint density at radius 1 is 1.19 bits per heavy atom. The van der Waals surface area contributed by atoms with Gasteiger partial charge in [0.25, 0.3) is 0 Å². The Morgan fingerprint density at radius 2 is 2.00 bits per heavy atom. The van der Waals surface area contributed by atoms with Crippen molar-refractivity contribution in [3.63, 3.8) is 0 Å². The Kier molecular flexibility index (Phi) is 8.91. The van der Waals surface area contributed by atoms with Gasteiger partial charge in [0.05, 0.1) is 12.1 Å². The van der Waals surface area contributed by atoms with E-state index in [9.17, 15) is 4.79 Å². The lowest BCUT2D eigenvalue weighted by Gasteiger charge is -2.14. The molecule has 0 aliphatic carbocycles. The molecule has 5 nitrogen and oxygen atoms in total. The van der Waals surface area contributed by atoms with Crippen LogP contribution in [0.4, 0.5) is 5.69 Å². The summed E-state index contributed by atoms with van der Waals surface area (Å²) in [6.07, 6.45) is 1.13. The van der Waals surface area contributed by atoms with Crippen LogP contribution in [-0.4, -0.2) is 32.1 Å². The number of carbonyl (C=O) groups excluding carboxylic acids is 1. The predicted octanol–water partition coefficient (Wildman–Crippen LogP) is 3.60. The van der Waals surface area contributed by atoms with E-state index in [0.717, 1.165) is 23.0 Å². The molecule has 2 rings (SSSR count). The van der Waals surface area contributed by atoms with E-state index in [2.05, 4.69) is 26.6 Å². The molecule has 4 N–H and O–H groups in total. The summed E-state index contributed by atoms with van der Waals surface area (Å²) in [4.78, 5) is 12.4. The molecule has 2 aromatic rings. The fourth-order valence-corrected chi connectivity index (χ4v) is 2.88. The van der Waals surface area contributed by atoms with E-state index in [1.54, 1.807) is 6.07 Å². The zero-order valence-corrected chi connectivity index (χ0v) is 16.8. The van der Waals surface area contributed by atoms with Gasteiger partial charge in [-0.15, -0.1) is 0 Å². The van der Waals surface area contributed by atoms with Gasteiger partial charge in [-0.2, -0.15) is 0 Å². The molecule has 0 saturated carbocycles. The molecule has 7 heteroatoms. The molecule has 0 heterocycles. The highest BCUT2D eigenvalue weighted by Gasteiger charge is 2.11. The highest BCUT2D eigenvalue weighted by Crippen LogP contribution is 2.28. The first-order valence-electron chi connectivity index (χ1n) is 8.46. The Hall–Kier alpha value is -1.60. The van der Waals surface area contributed by atoms with Crippen molar-refractivity contribution in [2.45, 2.75) is 12.8 Å². The predicted molar refractivity (Wildman–Crippen MR) is 110 cm³/mol. The zero-order chi connectivity index (χ0) is 18.8. The number of nitrogens with two attached hydrogens (primary N) is 1. The summed E-state index contributed by atoms with van der Waals surface area (Å²) >= 11 is 9.54. The van der Waals surface area contributed by atoms with Crippen molar-refractivity contribution in [2.75, 3.05) is 31.6 Å². The smallest absolute Gasteiger partial charge is 0.228 e. The molecule has 140 valence electrons. The van der Waals surface area contributed by atoms with Crippen molar-refractivity contribution in [1.29, 1.82) is 0 Å². The van der Waals surface area contributed by atoms with Crippen LogP contribution in [-0.2, 0) is 11.2 Å². The zero-order valence-electron chi connectivity index (χ0n) is 14.4. The third kappa shape index (κ3) is 6.96. The van der Waals surface area contributed by atoms with E-state index >= 15 is 0 Å². The molecule has 0 bridgehead atoms. The van der Waals surface area contributed by atoms with E-state index in [-0.39, 0.29) is 12.3 Å². The number of hydrogen-bond acceptors (Lipinski definition) is 4. The highest BCUT2D eigenvalue weighted by atomic mass is 79.9. The van der Waals surface area contributed by atoms with Crippen LogP contribution in [0.3, 0.4) is 0 Å². The second-order valence-corrected chi connectivity index (χ2v) is 7.02. The average molecular weight is 441 g/mol. The second kappa shape index (κ2) is 11.2. The lowest BCUT2D eigenvalue weighted by molar-refractivity contribution is -0.115. The van der Waals surface area contributed by atoms with E-state index in [1.807, 2.05) is 36.4 Å². The van der Waals surface area contributed by atoms with E-state index in [4.69, 9.17) is 22.1 Å². The van der Waals surface area contributed by atoms with E-state index in [0.29, 0.717) is 36.2 Å². The SMILES string of the molecule is NCCCNCCOc1ccc(Br)cc1NC(=O)Cc1ccccc1Cl. The molecule has 0 atom stereocenters. The Bertz CT molecular complexity index is 728. The Labute approximate surface area is 167 Å². The highest BCUT2D eigenvalue weighted by molar-refractivity contribution is 9.10. The maximum Gasteiger partial charge on any atom is 0.228 e. The van der Waals surface area contributed by atoms with Crippen LogP contribution in [0.2, 0.25) is 5.02 Å². The minimum absolute atomic E-state index is 0.151. The molecule has 0 aliphatic heterocycles. The number of carbonyl (C=O) groups is 1. The maximum atomic E-state index is 12.4. The van der Waals surface area contributed by atoms with Gasteiger partial charge in [-0.25, -0.2) is 0 Å². The number of rotatable bonds is 10. The molecule has 1 amide bonds. The van der Waals surface area contributed by atoms with Gasteiger partial charge < -0.3 is 21.1 Å². The van der Waals surface area contributed by atoms with Gasteiger partial charge in [0.1, 0.15) is 12.4 Å². The Morgan fingerprint density at radius 3 is 2.77 bits per heavy atom. The second-order valence-electron chi connectivity index (χ2n) is 5.70. The van der Waals surface area contributed by atoms with Crippen molar-refractivity contribution in [3.8, 4) is 5.75 Å². The first-order chi connectivity index (χ1) is 12.6. The summed E-state index contributed by atoms with van der Waals surface area (Å²) in [5.41, 5.74) is 6.86. The fraction of sp³-hybridized carbons (Fsp3) is 0.316. The van der Waals surface area contributed by atoms with Gasteiger partial charge in [-0.05, 0) is 49.3 Å². The molecule has 0 aromatic heterocycles. The molecular formula is C19H23BrClN3O2. The molecule has 0 unspecified atom stereocenters. The quantitative estimate of drug-likeness (QED) is 0.493. The summed E-state index contributed by atoms with van der Waals surface area (Å²) in [7, 11) is 0. The number of hydrogen-bond donors (Lipinski definition) is 3. The largest absolute Gasteiger partial charge is 0.490 e. The minimum Gasteiger partial charge on any atom is -0.490 e. The standard InChI is InChI=1S/C19H23BrClN3O2/c20-15-6-7-18(26-11-10-23-9-3-8-22)17(13-15)24-19(25)12-14-4-1-2-5-16(14)21/h1-2,4-7,13,23H,3,8-12,22H2,(H,24,25). The van der Waals surface area contributed by atoms with Crippen LogP contribution in [0.15, 0.2) is 46.9 Å². The van der Waals surface area contributed by atoms with Crippen LogP contribution in [0, 0.1) is 0 Å².